The molecule has 0 radical (unpaired) electrons. The van der Waals surface area contributed by atoms with E-state index in [-0.39, 0.29) is 19.6 Å². The maximum absolute atomic E-state index is 14.0. The molecule has 2 unspecified atom stereocenters. The van der Waals surface area contributed by atoms with Crippen molar-refractivity contribution in [2.24, 2.45) is 0 Å². The molecule has 2 aliphatic rings. The predicted molar refractivity (Wildman–Crippen MR) is 153 cm³/mol. The first-order valence-electron chi connectivity index (χ1n) is 13.4. The second-order valence-electron chi connectivity index (χ2n) is 9.68. The van der Waals surface area contributed by atoms with E-state index >= 15 is 0 Å². The molecule has 0 saturated carbocycles. The van der Waals surface area contributed by atoms with E-state index in [1.54, 1.807) is 48.5 Å². The predicted octanol–water partition coefficient (Wildman–Crippen LogP) is 6.76. The molecule has 0 spiro atoms. The van der Waals surface area contributed by atoms with Crippen LogP contribution in [0.1, 0.15) is 32.1 Å². The minimum Gasteiger partial charge on any atom is -0.494 e. The van der Waals surface area contributed by atoms with Crippen LogP contribution < -0.4 is 9.47 Å². The number of halogens is 5. The number of unbranched alkanes of at least 4 members (excludes halogenated alkanes) is 2. The fraction of sp³-hybridized carbons (Fsp3) is 0.467. The van der Waals surface area contributed by atoms with Crippen LogP contribution in [0, 0.1) is 0 Å². The molecule has 2 aromatic carbocycles. The van der Waals surface area contributed by atoms with E-state index in [0.29, 0.717) is 54.0 Å². The van der Waals surface area contributed by atoms with Crippen molar-refractivity contribution in [1.82, 2.24) is 0 Å². The van der Waals surface area contributed by atoms with Crippen LogP contribution in [0.3, 0.4) is 0 Å². The molecule has 4 rings (SSSR count). The maximum Gasteiger partial charge on any atom is 0.347 e. The number of esters is 2. The third kappa shape index (κ3) is 9.50. The Kier molecular flexibility index (Phi) is 12.6. The summed E-state index contributed by atoms with van der Waals surface area (Å²) in [6, 6.07) is 13.8. The number of ether oxygens (including phenoxy) is 6. The van der Waals surface area contributed by atoms with Crippen LogP contribution in [0.5, 0.6) is 11.5 Å². The van der Waals surface area contributed by atoms with Crippen LogP contribution in [0.4, 0.5) is 13.2 Å². The molecular formula is C30H33Cl2F3O8. The number of methoxy groups -OCH3 is 2. The van der Waals surface area contributed by atoms with Gasteiger partial charge in [-0.25, -0.2) is 22.8 Å². The zero-order chi connectivity index (χ0) is 31.5. The first-order valence-corrected chi connectivity index (χ1v) is 14.2. The van der Waals surface area contributed by atoms with Gasteiger partial charge in [0, 0.05) is 16.5 Å². The summed E-state index contributed by atoms with van der Waals surface area (Å²) in [6.45, 7) is 0.485. The molecule has 0 aromatic heterocycles. The standard InChI is InChI=1S/C15H17ClF2O4.C15H16ClFO4/c1-20-13(19)14(10-22-14)15(17,18)8-2-3-9-21-12-6-4-11(16)5-7-12;1-19-14(18)15(10-21-15)13(17)4-2-3-9-20-12-7-5-11(16)6-8-12/h4-7H,2-3,8-10H2,1H3;4-8H,2-3,9-10H2,1H3/b;13-4-. The number of rotatable bonds is 15. The molecule has 2 heterocycles. The molecule has 2 aromatic rings. The van der Waals surface area contributed by atoms with E-state index in [2.05, 4.69) is 14.2 Å². The highest BCUT2D eigenvalue weighted by Gasteiger charge is 2.70. The van der Waals surface area contributed by atoms with E-state index < -0.39 is 41.3 Å². The molecule has 43 heavy (non-hydrogen) atoms. The van der Waals surface area contributed by atoms with Gasteiger partial charge < -0.3 is 28.4 Å². The smallest absolute Gasteiger partial charge is 0.347 e. The highest BCUT2D eigenvalue weighted by atomic mass is 35.5. The van der Waals surface area contributed by atoms with E-state index in [4.69, 9.17) is 37.4 Å². The number of hydrogen-bond acceptors (Lipinski definition) is 8. The molecule has 2 fully saturated rings. The van der Waals surface area contributed by atoms with Crippen molar-refractivity contribution in [1.29, 1.82) is 0 Å². The molecule has 2 aliphatic heterocycles. The van der Waals surface area contributed by atoms with Gasteiger partial charge in [0.2, 0.25) is 5.60 Å². The van der Waals surface area contributed by atoms with Gasteiger partial charge in [0.05, 0.1) is 40.6 Å². The van der Waals surface area contributed by atoms with Crippen LogP contribution in [-0.4, -0.2) is 69.7 Å². The number of allylic oxidation sites excluding steroid dienone is 1. The molecule has 8 nitrogen and oxygen atoms in total. The molecule has 2 saturated heterocycles. The van der Waals surface area contributed by atoms with Gasteiger partial charge in [-0.1, -0.05) is 23.2 Å². The van der Waals surface area contributed by atoms with Crippen molar-refractivity contribution in [2.75, 3.05) is 40.6 Å². The van der Waals surface area contributed by atoms with Gasteiger partial charge in [0.15, 0.2) is 0 Å². The topological polar surface area (TPSA) is 96.1 Å². The van der Waals surface area contributed by atoms with Crippen LogP contribution in [0.2, 0.25) is 10.0 Å². The van der Waals surface area contributed by atoms with Gasteiger partial charge in [0.1, 0.15) is 17.3 Å². The lowest BCUT2D eigenvalue weighted by atomic mass is 9.97. The van der Waals surface area contributed by atoms with E-state index in [1.165, 1.54) is 13.2 Å². The highest BCUT2D eigenvalue weighted by molar-refractivity contribution is 6.30. The average molecular weight is 649 g/mol. The van der Waals surface area contributed by atoms with Gasteiger partial charge >= 0.3 is 11.9 Å². The van der Waals surface area contributed by atoms with Gasteiger partial charge in [-0.3, -0.25) is 0 Å². The lowest BCUT2D eigenvalue weighted by Crippen LogP contribution is -2.44. The Hall–Kier alpha value is -2.99. The normalized spacial score (nSPS) is 20.8. The third-order valence-electron chi connectivity index (χ3n) is 6.59. The number of benzene rings is 2. The van der Waals surface area contributed by atoms with Crippen molar-refractivity contribution in [3.8, 4) is 11.5 Å². The van der Waals surface area contributed by atoms with E-state index in [0.717, 1.165) is 7.11 Å². The fourth-order valence-corrected chi connectivity index (χ4v) is 4.13. The number of epoxide rings is 2. The second-order valence-corrected chi connectivity index (χ2v) is 10.5. The Balaban J connectivity index is 0.000000236. The molecule has 236 valence electrons. The molecule has 0 N–H and O–H groups in total. The molecular weight excluding hydrogens is 616 g/mol. The van der Waals surface area contributed by atoms with Gasteiger partial charge in [0.25, 0.3) is 11.5 Å². The van der Waals surface area contributed by atoms with Crippen molar-refractivity contribution in [3.05, 3.63) is 70.5 Å². The van der Waals surface area contributed by atoms with Gasteiger partial charge in [-0.05, 0) is 80.3 Å². The lowest BCUT2D eigenvalue weighted by Gasteiger charge is -2.21. The molecule has 0 amide bonds. The highest BCUT2D eigenvalue weighted by Crippen LogP contribution is 2.46. The zero-order valence-corrected chi connectivity index (χ0v) is 25.2. The summed E-state index contributed by atoms with van der Waals surface area (Å²) in [5.41, 5.74) is -3.58. The summed E-state index contributed by atoms with van der Waals surface area (Å²) in [5, 5.41) is 1.24. The van der Waals surface area contributed by atoms with E-state index in [1.807, 2.05) is 0 Å². The fourth-order valence-electron chi connectivity index (χ4n) is 3.88. The molecule has 2 atom stereocenters. The monoisotopic (exact) mass is 648 g/mol. The van der Waals surface area contributed by atoms with Crippen molar-refractivity contribution < 1.29 is 51.2 Å². The van der Waals surface area contributed by atoms with Crippen molar-refractivity contribution in [3.63, 3.8) is 0 Å². The van der Waals surface area contributed by atoms with E-state index in [9.17, 15) is 22.8 Å². The largest absolute Gasteiger partial charge is 0.494 e. The summed E-state index contributed by atoms with van der Waals surface area (Å²) in [6.07, 6.45) is 2.61. The Morgan fingerprint density at radius 3 is 1.77 bits per heavy atom. The summed E-state index contributed by atoms with van der Waals surface area (Å²) in [5.74, 6) is -4.21. The quantitative estimate of drug-likeness (QED) is 0.119. The summed E-state index contributed by atoms with van der Waals surface area (Å²) in [7, 11) is 2.28. The maximum atomic E-state index is 14.0. The number of carbonyl (C=O) groups excluding carboxylic acids is 2. The number of hydrogen-bond donors (Lipinski definition) is 0. The number of carbonyl (C=O) groups is 2. The number of alkyl halides is 2. The minimum absolute atomic E-state index is 0.0310. The zero-order valence-electron chi connectivity index (χ0n) is 23.7. The summed E-state index contributed by atoms with van der Waals surface area (Å²) >= 11 is 11.5. The average Bonchev–Trinajstić information content (AvgIpc) is 3.93. The van der Waals surface area contributed by atoms with Gasteiger partial charge in [-0.15, -0.1) is 0 Å². The summed E-state index contributed by atoms with van der Waals surface area (Å²) in [4.78, 5) is 22.8. The molecule has 0 aliphatic carbocycles. The Morgan fingerprint density at radius 2 is 1.33 bits per heavy atom. The van der Waals surface area contributed by atoms with Crippen molar-refractivity contribution >= 4 is 35.1 Å². The van der Waals surface area contributed by atoms with Crippen LogP contribution in [-0.2, 0) is 28.5 Å². The first-order chi connectivity index (χ1) is 20.5. The third-order valence-corrected chi connectivity index (χ3v) is 7.10. The van der Waals surface area contributed by atoms with Gasteiger partial charge in [-0.2, -0.15) is 0 Å². The second kappa shape index (κ2) is 15.7. The Labute approximate surface area is 257 Å². The minimum atomic E-state index is -3.24. The van der Waals surface area contributed by atoms with Crippen LogP contribution in [0.25, 0.3) is 0 Å². The Morgan fingerprint density at radius 1 is 0.837 bits per heavy atom. The van der Waals surface area contributed by atoms with Crippen LogP contribution >= 0.6 is 23.2 Å². The molecule has 13 heteroatoms. The molecule has 0 bridgehead atoms. The first kappa shape index (κ1) is 34.5. The van der Waals surface area contributed by atoms with Crippen LogP contribution in [0.15, 0.2) is 60.4 Å². The lowest BCUT2D eigenvalue weighted by molar-refractivity contribution is -0.165. The Bertz CT molecular complexity index is 1230. The van der Waals surface area contributed by atoms with Crippen molar-refractivity contribution in [2.45, 2.75) is 49.2 Å². The summed E-state index contributed by atoms with van der Waals surface area (Å²) < 4.78 is 71.2. The SMILES string of the molecule is COC(=O)C1(/C(F)=C/CCCOc2ccc(Cl)cc2)CO1.COC(=O)C1(C(F)(F)CCCCOc2ccc(Cl)cc2)CO1.